The molecule has 0 saturated heterocycles. The van der Waals surface area contributed by atoms with E-state index in [0.29, 0.717) is 9.21 Å². The number of hydrogen-bond acceptors (Lipinski definition) is 4. The van der Waals surface area contributed by atoms with Gasteiger partial charge in [-0.2, -0.15) is 0 Å². The predicted molar refractivity (Wildman–Crippen MR) is 96.4 cm³/mol. The summed E-state index contributed by atoms with van der Waals surface area (Å²) in [5, 5.41) is 15.0. The lowest BCUT2D eigenvalue weighted by atomic mass is 10.1. The number of hydrogen-bond donors (Lipinski definition) is 2. The van der Waals surface area contributed by atoms with Gasteiger partial charge < -0.3 is 10.4 Å². The second-order valence-electron chi connectivity index (χ2n) is 4.93. The van der Waals surface area contributed by atoms with Gasteiger partial charge >= 0.3 is 0 Å². The Morgan fingerprint density at radius 2 is 1.96 bits per heavy atom. The molecular formula is C17H14ClNO2S2. The molecule has 1 unspecified atom stereocenters. The van der Waals surface area contributed by atoms with E-state index in [0.717, 1.165) is 11.1 Å². The number of aliphatic hydroxyl groups is 1. The van der Waals surface area contributed by atoms with Gasteiger partial charge in [0.1, 0.15) is 0 Å². The molecule has 1 aromatic carbocycles. The molecule has 1 atom stereocenters. The molecule has 0 fully saturated rings. The lowest BCUT2D eigenvalue weighted by Gasteiger charge is -2.12. The second-order valence-corrected chi connectivity index (χ2v) is 7.59. The number of carbonyl (C=O) groups is 1. The van der Waals surface area contributed by atoms with Gasteiger partial charge in [-0.1, -0.05) is 41.9 Å². The number of rotatable bonds is 5. The topological polar surface area (TPSA) is 49.3 Å². The van der Waals surface area contributed by atoms with Crippen molar-refractivity contribution in [2.45, 2.75) is 6.10 Å². The Morgan fingerprint density at radius 1 is 1.17 bits per heavy atom. The van der Waals surface area contributed by atoms with Gasteiger partial charge in [0.15, 0.2) is 0 Å². The highest BCUT2D eigenvalue weighted by Crippen LogP contribution is 2.26. The lowest BCUT2D eigenvalue weighted by molar-refractivity contribution is 0.0920. The first kappa shape index (κ1) is 16.2. The minimum Gasteiger partial charge on any atom is -0.387 e. The number of amides is 1. The van der Waals surface area contributed by atoms with E-state index in [1.165, 1.54) is 16.2 Å². The Morgan fingerprint density at radius 3 is 2.57 bits per heavy atom. The molecule has 3 aromatic rings. The summed E-state index contributed by atoms with van der Waals surface area (Å²) < 4.78 is 0.569. The number of aliphatic hydroxyl groups excluding tert-OH is 1. The summed E-state index contributed by atoms with van der Waals surface area (Å²) in [4.78, 5) is 13.7. The first-order valence-corrected chi connectivity index (χ1v) is 9.06. The Labute approximate surface area is 147 Å². The summed E-state index contributed by atoms with van der Waals surface area (Å²) in [5.41, 5.74) is 1.89. The standard InChI is InChI=1S/C17H14ClNO2S2/c18-16-8-7-15(23-16)17(21)19-10-13(20)11-3-5-12(6-4-11)14-2-1-9-22-14/h1-9,13,20H,10H2,(H,19,21). The molecular weight excluding hydrogens is 350 g/mol. The molecule has 3 nitrogen and oxygen atoms in total. The zero-order chi connectivity index (χ0) is 16.2. The van der Waals surface area contributed by atoms with Crippen molar-refractivity contribution in [2.75, 3.05) is 6.54 Å². The van der Waals surface area contributed by atoms with E-state index in [4.69, 9.17) is 11.6 Å². The predicted octanol–water partition coefficient (Wildman–Crippen LogP) is 4.59. The van der Waals surface area contributed by atoms with Crippen LogP contribution < -0.4 is 5.32 Å². The van der Waals surface area contributed by atoms with Crippen LogP contribution in [-0.4, -0.2) is 17.6 Å². The lowest BCUT2D eigenvalue weighted by Crippen LogP contribution is -2.27. The van der Waals surface area contributed by atoms with Crippen molar-refractivity contribution in [3.8, 4) is 10.4 Å². The maximum absolute atomic E-state index is 11.9. The van der Waals surface area contributed by atoms with Gasteiger partial charge in [-0.3, -0.25) is 4.79 Å². The van der Waals surface area contributed by atoms with Gasteiger partial charge in [0.05, 0.1) is 15.3 Å². The molecule has 0 bridgehead atoms. The largest absolute Gasteiger partial charge is 0.387 e. The summed E-state index contributed by atoms with van der Waals surface area (Å²) in [6.45, 7) is 0.159. The highest BCUT2D eigenvalue weighted by Gasteiger charge is 2.12. The van der Waals surface area contributed by atoms with Crippen molar-refractivity contribution in [3.05, 3.63) is 68.7 Å². The molecule has 23 heavy (non-hydrogen) atoms. The molecule has 0 spiro atoms. The number of thiophene rings is 2. The van der Waals surface area contributed by atoms with Crippen LogP contribution in [0.3, 0.4) is 0 Å². The van der Waals surface area contributed by atoms with Gasteiger partial charge in [-0.25, -0.2) is 0 Å². The average molecular weight is 364 g/mol. The van der Waals surface area contributed by atoms with Crippen molar-refractivity contribution >= 4 is 40.2 Å². The van der Waals surface area contributed by atoms with Crippen molar-refractivity contribution in [3.63, 3.8) is 0 Å². The van der Waals surface area contributed by atoms with Crippen LogP contribution >= 0.6 is 34.3 Å². The van der Waals surface area contributed by atoms with Gasteiger partial charge in [-0.05, 0) is 34.7 Å². The molecule has 3 rings (SSSR count). The van der Waals surface area contributed by atoms with Crippen LogP contribution in [0.15, 0.2) is 53.9 Å². The summed E-state index contributed by atoms with van der Waals surface area (Å²) in [6.07, 6.45) is -0.744. The van der Waals surface area contributed by atoms with E-state index in [2.05, 4.69) is 11.4 Å². The molecule has 2 N–H and O–H groups in total. The molecule has 2 heterocycles. The Balaban J connectivity index is 1.60. The number of carbonyl (C=O) groups excluding carboxylic acids is 1. The summed E-state index contributed by atoms with van der Waals surface area (Å²) >= 11 is 8.70. The molecule has 2 aromatic heterocycles. The van der Waals surface area contributed by atoms with Crippen LogP contribution in [0.4, 0.5) is 0 Å². The molecule has 0 saturated carbocycles. The smallest absolute Gasteiger partial charge is 0.261 e. The maximum atomic E-state index is 11.9. The monoisotopic (exact) mass is 363 g/mol. The third kappa shape index (κ3) is 4.00. The van der Waals surface area contributed by atoms with E-state index >= 15 is 0 Å². The number of benzene rings is 1. The Hall–Kier alpha value is -1.66. The van der Waals surface area contributed by atoms with Crippen molar-refractivity contribution in [2.24, 2.45) is 0 Å². The molecule has 0 aliphatic carbocycles. The number of halogens is 1. The quantitative estimate of drug-likeness (QED) is 0.696. The van der Waals surface area contributed by atoms with Crippen LogP contribution in [0.2, 0.25) is 4.34 Å². The fraction of sp³-hybridized carbons (Fsp3) is 0.118. The first-order chi connectivity index (χ1) is 11.1. The van der Waals surface area contributed by atoms with Gasteiger partial charge in [0, 0.05) is 11.4 Å². The third-order valence-electron chi connectivity index (χ3n) is 3.35. The third-order valence-corrected chi connectivity index (χ3v) is 5.50. The van der Waals surface area contributed by atoms with E-state index in [1.807, 2.05) is 35.7 Å². The van der Waals surface area contributed by atoms with Gasteiger partial charge in [-0.15, -0.1) is 22.7 Å². The molecule has 0 aliphatic rings. The van der Waals surface area contributed by atoms with Crippen LogP contribution in [-0.2, 0) is 0 Å². The zero-order valence-corrected chi connectivity index (χ0v) is 14.4. The number of nitrogens with one attached hydrogen (secondary N) is 1. The van der Waals surface area contributed by atoms with Gasteiger partial charge in [0.25, 0.3) is 5.91 Å². The highest BCUT2D eigenvalue weighted by atomic mass is 35.5. The van der Waals surface area contributed by atoms with Crippen LogP contribution in [0.1, 0.15) is 21.3 Å². The van der Waals surface area contributed by atoms with Gasteiger partial charge in [0.2, 0.25) is 0 Å². The first-order valence-electron chi connectivity index (χ1n) is 6.99. The Bertz CT molecular complexity index is 781. The fourth-order valence-electron chi connectivity index (χ4n) is 2.14. The minimum atomic E-state index is -0.744. The van der Waals surface area contributed by atoms with Crippen molar-refractivity contribution in [1.82, 2.24) is 5.32 Å². The van der Waals surface area contributed by atoms with Crippen LogP contribution in [0, 0.1) is 0 Å². The molecule has 0 aliphatic heterocycles. The SMILES string of the molecule is O=C(NCC(O)c1ccc(-c2cccs2)cc1)c1ccc(Cl)s1. The molecule has 118 valence electrons. The van der Waals surface area contributed by atoms with E-state index in [1.54, 1.807) is 23.5 Å². The zero-order valence-electron chi connectivity index (χ0n) is 12.0. The summed E-state index contributed by atoms with van der Waals surface area (Å²) in [6, 6.07) is 15.1. The van der Waals surface area contributed by atoms with Crippen molar-refractivity contribution in [1.29, 1.82) is 0 Å². The molecule has 0 radical (unpaired) electrons. The fourth-order valence-corrected chi connectivity index (χ4v) is 3.84. The van der Waals surface area contributed by atoms with Crippen LogP contribution in [0.5, 0.6) is 0 Å². The molecule has 6 heteroatoms. The summed E-state index contributed by atoms with van der Waals surface area (Å²) in [5.74, 6) is -0.226. The van der Waals surface area contributed by atoms with Crippen LogP contribution in [0.25, 0.3) is 10.4 Å². The maximum Gasteiger partial charge on any atom is 0.261 e. The summed E-state index contributed by atoms with van der Waals surface area (Å²) in [7, 11) is 0. The average Bonchev–Trinajstić information content (AvgIpc) is 3.24. The van der Waals surface area contributed by atoms with Crippen molar-refractivity contribution < 1.29 is 9.90 Å². The van der Waals surface area contributed by atoms with E-state index < -0.39 is 6.10 Å². The molecule has 1 amide bonds. The minimum absolute atomic E-state index is 0.159. The normalized spacial score (nSPS) is 12.1. The second kappa shape index (κ2) is 7.27. The van der Waals surface area contributed by atoms with E-state index in [9.17, 15) is 9.90 Å². The highest BCUT2D eigenvalue weighted by molar-refractivity contribution is 7.18. The Kier molecular flexibility index (Phi) is 5.13. The van der Waals surface area contributed by atoms with E-state index in [-0.39, 0.29) is 12.5 Å².